The van der Waals surface area contributed by atoms with Gasteiger partial charge in [0.25, 0.3) is 5.56 Å². The van der Waals surface area contributed by atoms with Gasteiger partial charge in [0, 0.05) is 23.2 Å². The number of rotatable bonds is 5. The predicted molar refractivity (Wildman–Crippen MR) is 93.1 cm³/mol. The summed E-state index contributed by atoms with van der Waals surface area (Å²) in [5.41, 5.74) is 1.43. The third kappa shape index (κ3) is 4.26. The van der Waals surface area contributed by atoms with Gasteiger partial charge in [0.15, 0.2) is 0 Å². The molecule has 0 saturated heterocycles. The van der Waals surface area contributed by atoms with Gasteiger partial charge >= 0.3 is 5.97 Å². The molecule has 0 fully saturated rings. The fourth-order valence-corrected chi connectivity index (χ4v) is 2.97. The van der Waals surface area contributed by atoms with Gasteiger partial charge in [-0.15, -0.1) is 11.8 Å². The summed E-state index contributed by atoms with van der Waals surface area (Å²) >= 11 is 0.904. The first-order valence-electron chi connectivity index (χ1n) is 7.65. The van der Waals surface area contributed by atoms with Gasteiger partial charge in [0.2, 0.25) is 0 Å². The lowest BCUT2D eigenvalue weighted by molar-refractivity contribution is -0.141. The van der Waals surface area contributed by atoms with Gasteiger partial charge < -0.3 is 4.74 Å². The van der Waals surface area contributed by atoms with E-state index < -0.39 is 17.6 Å². The Hall–Kier alpha value is -2.74. The maximum atomic E-state index is 13.5. The maximum Gasteiger partial charge on any atom is 0.316 e. The van der Waals surface area contributed by atoms with Crippen LogP contribution in [0.1, 0.15) is 11.3 Å². The number of carbonyl (C=O) groups is 1. The Balaban J connectivity index is 1.61. The summed E-state index contributed by atoms with van der Waals surface area (Å²) in [7, 11) is 0. The molecule has 3 rings (SSSR count). The summed E-state index contributed by atoms with van der Waals surface area (Å²) in [5.74, 6) is -2.15. The average Bonchev–Trinajstić information content (AvgIpc) is 2.60. The highest BCUT2D eigenvalue weighted by atomic mass is 32.2. The van der Waals surface area contributed by atoms with Gasteiger partial charge in [-0.25, -0.2) is 13.8 Å². The summed E-state index contributed by atoms with van der Waals surface area (Å²) in [4.78, 5) is 28.3. The topological polar surface area (TPSA) is 60.7 Å². The molecule has 0 aliphatic rings. The van der Waals surface area contributed by atoms with E-state index in [0.717, 1.165) is 29.5 Å². The normalized spacial score (nSPS) is 10.9. The molecule has 0 aliphatic heterocycles. The maximum absolute atomic E-state index is 13.5. The van der Waals surface area contributed by atoms with Crippen molar-refractivity contribution < 1.29 is 18.3 Å². The van der Waals surface area contributed by atoms with Crippen LogP contribution in [-0.2, 0) is 16.1 Å². The van der Waals surface area contributed by atoms with Crippen molar-refractivity contribution in [2.75, 3.05) is 5.75 Å². The smallest absolute Gasteiger partial charge is 0.316 e. The first kappa shape index (κ1) is 18.1. The third-order valence-corrected chi connectivity index (χ3v) is 4.50. The number of benzene rings is 1. The molecule has 0 aliphatic carbocycles. The number of aromatic nitrogens is 2. The summed E-state index contributed by atoms with van der Waals surface area (Å²) in [6.07, 6.45) is 1.67. The van der Waals surface area contributed by atoms with E-state index in [4.69, 9.17) is 4.74 Å². The van der Waals surface area contributed by atoms with Crippen molar-refractivity contribution in [2.45, 2.75) is 18.4 Å². The van der Waals surface area contributed by atoms with Crippen molar-refractivity contribution in [3.63, 3.8) is 0 Å². The van der Waals surface area contributed by atoms with E-state index in [2.05, 4.69) is 4.98 Å². The first-order chi connectivity index (χ1) is 12.4. The number of hydrogen-bond acceptors (Lipinski definition) is 5. The van der Waals surface area contributed by atoms with Gasteiger partial charge in [-0.05, 0) is 30.7 Å². The second-order valence-electron chi connectivity index (χ2n) is 5.54. The van der Waals surface area contributed by atoms with Crippen molar-refractivity contribution in [2.24, 2.45) is 0 Å². The highest BCUT2D eigenvalue weighted by molar-refractivity contribution is 8.00. The number of halogens is 2. The van der Waals surface area contributed by atoms with Crippen molar-refractivity contribution in [3.05, 3.63) is 75.8 Å². The summed E-state index contributed by atoms with van der Waals surface area (Å²) in [6, 6.07) is 7.95. The van der Waals surface area contributed by atoms with Crippen LogP contribution in [0.25, 0.3) is 5.65 Å². The summed E-state index contributed by atoms with van der Waals surface area (Å²) in [6.45, 7) is 1.70. The van der Waals surface area contributed by atoms with E-state index in [1.807, 2.05) is 13.0 Å². The summed E-state index contributed by atoms with van der Waals surface area (Å²) in [5, 5.41) is 0. The van der Waals surface area contributed by atoms with Gasteiger partial charge in [-0.2, -0.15) is 0 Å². The van der Waals surface area contributed by atoms with Crippen molar-refractivity contribution in [3.8, 4) is 0 Å². The lowest BCUT2D eigenvalue weighted by Crippen LogP contribution is -2.17. The molecule has 8 heteroatoms. The van der Waals surface area contributed by atoms with Gasteiger partial charge in [-0.3, -0.25) is 14.0 Å². The fraction of sp³-hybridized carbons (Fsp3) is 0.167. The number of carbonyl (C=O) groups excluding carboxylic acids is 1. The largest absolute Gasteiger partial charge is 0.459 e. The molecule has 0 atom stereocenters. The van der Waals surface area contributed by atoms with Crippen LogP contribution in [0.15, 0.2) is 52.3 Å². The highest BCUT2D eigenvalue weighted by Gasteiger charge is 2.10. The molecule has 1 aromatic carbocycles. The van der Waals surface area contributed by atoms with Gasteiger partial charge in [0.1, 0.15) is 23.9 Å². The molecule has 0 saturated carbocycles. The summed E-state index contributed by atoms with van der Waals surface area (Å²) < 4.78 is 32.8. The molecule has 5 nitrogen and oxygen atoms in total. The number of ether oxygens (including phenoxy) is 1. The molecule has 0 amide bonds. The monoisotopic (exact) mass is 376 g/mol. The minimum Gasteiger partial charge on any atom is -0.459 e. The van der Waals surface area contributed by atoms with Crippen LogP contribution in [0.2, 0.25) is 0 Å². The molecule has 2 aromatic heterocycles. The minimum absolute atomic E-state index is 0.145. The lowest BCUT2D eigenvalue weighted by atomic mass is 10.3. The number of aryl methyl sites for hydroxylation is 1. The minimum atomic E-state index is -0.734. The Labute approximate surface area is 151 Å². The number of nitrogens with zero attached hydrogens (tertiary/aromatic N) is 2. The SMILES string of the molecule is Cc1ccc2nc(COC(=O)CSc3ccc(F)cc3F)cc(=O)n2c1. The Bertz CT molecular complexity index is 1040. The molecule has 0 spiro atoms. The average molecular weight is 376 g/mol. The van der Waals surface area contributed by atoms with Crippen molar-refractivity contribution >= 4 is 23.4 Å². The van der Waals surface area contributed by atoms with Crippen LogP contribution in [0.5, 0.6) is 0 Å². The Morgan fingerprint density at radius 1 is 1.23 bits per heavy atom. The molecular weight excluding hydrogens is 362 g/mol. The first-order valence-corrected chi connectivity index (χ1v) is 8.63. The van der Waals surface area contributed by atoms with Crippen molar-refractivity contribution in [1.82, 2.24) is 9.38 Å². The number of fused-ring (bicyclic) bond motifs is 1. The third-order valence-electron chi connectivity index (χ3n) is 3.48. The van der Waals surface area contributed by atoms with Crippen LogP contribution in [0, 0.1) is 18.6 Å². The fourth-order valence-electron chi connectivity index (χ4n) is 2.26. The van der Waals surface area contributed by atoms with E-state index >= 15 is 0 Å². The standard InChI is InChI=1S/C18H14F2N2O3S/c1-11-2-5-16-21-13(7-17(23)22(16)8-11)9-25-18(24)10-26-15-4-3-12(19)6-14(15)20/h2-8H,9-10H2,1H3. The molecule has 134 valence electrons. The second-order valence-corrected chi connectivity index (χ2v) is 6.56. The van der Waals surface area contributed by atoms with E-state index in [1.54, 1.807) is 12.3 Å². The Kier molecular flexibility index (Phi) is 5.32. The van der Waals surface area contributed by atoms with Crippen LogP contribution in [0.3, 0.4) is 0 Å². The number of thioether (sulfide) groups is 1. The Morgan fingerprint density at radius 2 is 2.04 bits per heavy atom. The zero-order valence-electron chi connectivity index (χ0n) is 13.7. The predicted octanol–water partition coefficient (Wildman–Crippen LogP) is 3.12. The van der Waals surface area contributed by atoms with Crippen LogP contribution in [0.4, 0.5) is 8.78 Å². The molecule has 0 bridgehead atoms. The van der Waals surface area contributed by atoms with Gasteiger partial charge in [0.05, 0.1) is 11.4 Å². The Morgan fingerprint density at radius 3 is 2.81 bits per heavy atom. The van der Waals surface area contributed by atoms with E-state index in [1.165, 1.54) is 16.5 Å². The molecule has 0 radical (unpaired) electrons. The van der Waals surface area contributed by atoms with Crippen LogP contribution < -0.4 is 5.56 Å². The molecule has 0 unspecified atom stereocenters. The number of esters is 1. The number of pyridine rings is 1. The van der Waals surface area contributed by atoms with Crippen LogP contribution >= 0.6 is 11.8 Å². The zero-order chi connectivity index (χ0) is 18.7. The molecular formula is C18H14F2N2O3S. The van der Waals surface area contributed by atoms with Crippen LogP contribution in [-0.4, -0.2) is 21.1 Å². The molecule has 26 heavy (non-hydrogen) atoms. The number of hydrogen-bond donors (Lipinski definition) is 0. The van der Waals surface area contributed by atoms with E-state index in [-0.39, 0.29) is 22.8 Å². The van der Waals surface area contributed by atoms with E-state index in [9.17, 15) is 18.4 Å². The molecule has 3 aromatic rings. The quantitative estimate of drug-likeness (QED) is 0.506. The van der Waals surface area contributed by atoms with Gasteiger partial charge in [-0.1, -0.05) is 6.07 Å². The van der Waals surface area contributed by atoms with E-state index in [0.29, 0.717) is 11.3 Å². The molecule has 0 N–H and O–H groups in total. The highest BCUT2D eigenvalue weighted by Crippen LogP contribution is 2.22. The second kappa shape index (κ2) is 7.65. The molecule has 2 heterocycles. The van der Waals surface area contributed by atoms with Crippen molar-refractivity contribution in [1.29, 1.82) is 0 Å². The lowest BCUT2D eigenvalue weighted by Gasteiger charge is -2.07. The zero-order valence-corrected chi connectivity index (χ0v) is 14.6.